The van der Waals surface area contributed by atoms with Crippen LogP contribution in [0.1, 0.15) is 31.9 Å². The van der Waals surface area contributed by atoms with E-state index in [9.17, 15) is 4.79 Å². The number of nitrogens with zero attached hydrogens (tertiary/aromatic N) is 1. The van der Waals surface area contributed by atoms with Crippen molar-refractivity contribution in [2.24, 2.45) is 0 Å². The normalized spacial score (nSPS) is 10.5. The molecular weight excluding hydrogens is 280 g/mol. The lowest BCUT2D eigenvalue weighted by atomic mass is 10.1. The molecule has 0 radical (unpaired) electrons. The second kappa shape index (κ2) is 6.31. The van der Waals surface area contributed by atoms with Crippen LogP contribution in [0.5, 0.6) is 0 Å². The van der Waals surface area contributed by atoms with Gasteiger partial charge in [0, 0.05) is 36.8 Å². The zero-order valence-corrected chi connectivity index (χ0v) is 14.1. The molecule has 0 saturated carbocycles. The summed E-state index contributed by atoms with van der Waals surface area (Å²) < 4.78 is 0. The van der Waals surface area contributed by atoms with Gasteiger partial charge in [0.1, 0.15) is 0 Å². The van der Waals surface area contributed by atoms with Gasteiger partial charge in [-0.15, -0.1) is 11.3 Å². The summed E-state index contributed by atoms with van der Waals surface area (Å²) in [5.41, 5.74) is 5.43. The molecule has 0 saturated heterocycles. The van der Waals surface area contributed by atoms with Crippen molar-refractivity contribution in [2.45, 2.75) is 27.3 Å². The molecule has 21 heavy (non-hydrogen) atoms. The molecule has 0 atom stereocenters. The number of carbonyl (C=O) groups is 1. The third-order valence-corrected chi connectivity index (χ3v) is 4.83. The first-order valence-electron chi connectivity index (χ1n) is 7.00. The third kappa shape index (κ3) is 3.45. The van der Waals surface area contributed by atoms with E-state index in [4.69, 9.17) is 0 Å². The average Bonchev–Trinajstić information content (AvgIpc) is 2.75. The highest BCUT2D eigenvalue weighted by Gasteiger charge is 2.10. The van der Waals surface area contributed by atoms with Gasteiger partial charge in [0.05, 0.1) is 0 Å². The lowest BCUT2D eigenvalue weighted by molar-refractivity contribution is 0.0951. The molecule has 1 N–H and O–H groups in total. The monoisotopic (exact) mass is 302 g/mol. The second-order valence-corrected chi connectivity index (χ2v) is 6.60. The van der Waals surface area contributed by atoms with E-state index in [1.165, 1.54) is 16.0 Å². The van der Waals surface area contributed by atoms with E-state index in [1.807, 2.05) is 39.2 Å². The maximum atomic E-state index is 12.2. The van der Waals surface area contributed by atoms with Gasteiger partial charge in [0.2, 0.25) is 0 Å². The van der Waals surface area contributed by atoms with Crippen LogP contribution in [0, 0.1) is 20.8 Å². The van der Waals surface area contributed by atoms with Crippen LogP contribution in [0.2, 0.25) is 0 Å². The van der Waals surface area contributed by atoms with E-state index in [2.05, 4.69) is 29.4 Å². The van der Waals surface area contributed by atoms with Crippen LogP contribution in [0.4, 0.5) is 5.69 Å². The van der Waals surface area contributed by atoms with Gasteiger partial charge in [-0.05, 0) is 61.0 Å². The lowest BCUT2D eigenvalue weighted by Crippen LogP contribution is -2.23. The van der Waals surface area contributed by atoms with Crippen molar-refractivity contribution < 1.29 is 4.79 Å². The largest absolute Gasteiger partial charge is 0.377 e. The van der Waals surface area contributed by atoms with Crippen LogP contribution < -0.4 is 10.2 Å². The molecule has 112 valence electrons. The fraction of sp³-hybridized carbons (Fsp3) is 0.353. The van der Waals surface area contributed by atoms with Crippen molar-refractivity contribution >= 4 is 22.9 Å². The summed E-state index contributed by atoms with van der Waals surface area (Å²) in [7, 11) is 4.01. The summed E-state index contributed by atoms with van der Waals surface area (Å²) in [6.45, 7) is 6.82. The molecule has 0 aliphatic carbocycles. The number of hydrogen-bond acceptors (Lipinski definition) is 3. The van der Waals surface area contributed by atoms with E-state index in [0.717, 1.165) is 11.3 Å². The van der Waals surface area contributed by atoms with Crippen molar-refractivity contribution in [1.29, 1.82) is 0 Å². The number of aryl methyl sites for hydroxylation is 2. The molecule has 1 heterocycles. The number of hydrogen-bond donors (Lipinski definition) is 1. The molecule has 2 aromatic rings. The molecule has 1 aromatic carbocycles. The summed E-state index contributed by atoms with van der Waals surface area (Å²) in [6.07, 6.45) is 0. The van der Waals surface area contributed by atoms with E-state index in [0.29, 0.717) is 12.1 Å². The standard InChI is InChI=1S/C17H22N2OS/c1-11-8-14(6-7-16(11)19(4)5)17(20)18-9-15-10-21-13(3)12(15)2/h6-8,10H,9H2,1-5H3,(H,18,20). The van der Waals surface area contributed by atoms with E-state index >= 15 is 0 Å². The maximum Gasteiger partial charge on any atom is 0.251 e. The van der Waals surface area contributed by atoms with Gasteiger partial charge < -0.3 is 10.2 Å². The van der Waals surface area contributed by atoms with Crippen LogP contribution in [0.25, 0.3) is 0 Å². The number of benzene rings is 1. The number of carbonyl (C=O) groups excluding carboxylic acids is 1. The maximum absolute atomic E-state index is 12.2. The Kier molecular flexibility index (Phi) is 4.68. The van der Waals surface area contributed by atoms with Crippen molar-refractivity contribution in [2.75, 3.05) is 19.0 Å². The molecule has 0 bridgehead atoms. The first-order valence-corrected chi connectivity index (χ1v) is 7.88. The fourth-order valence-electron chi connectivity index (χ4n) is 2.31. The highest BCUT2D eigenvalue weighted by Crippen LogP contribution is 2.21. The average molecular weight is 302 g/mol. The summed E-state index contributed by atoms with van der Waals surface area (Å²) in [5.74, 6) is -0.0216. The Morgan fingerprint density at radius 3 is 2.48 bits per heavy atom. The number of nitrogens with one attached hydrogen (secondary N) is 1. The zero-order chi connectivity index (χ0) is 15.6. The fourth-order valence-corrected chi connectivity index (χ4v) is 3.20. The molecular formula is C17H22N2OS. The number of amides is 1. The minimum absolute atomic E-state index is 0.0216. The quantitative estimate of drug-likeness (QED) is 0.934. The molecule has 0 aliphatic heterocycles. The lowest BCUT2D eigenvalue weighted by Gasteiger charge is -2.16. The van der Waals surface area contributed by atoms with Crippen molar-refractivity contribution in [3.05, 3.63) is 50.7 Å². The summed E-state index contributed by atoms with van der Waals surface area (Å²) >= 11 is 1.73. The molecule has 2 rings (SSSR count). The van der Waals surface area contributed by atoms with Crippen LogP contribution in [-0.4, -0.2) is 20.0 Å². The summed E-state index contributed by atoms with van der Waals surface area (Å²) in [6, 6.07) is 5.81. The second-order valence-electron chi connectivity index (χ2n) is 5.52. The molecule has 0 unspecified atom stereocenters. The smallest absolute Gasteiger partial charge is 0.251 e. The van der Waals surface area contributed by atoms with Crippen LogP contribution in [-0.2, 0) is 6.54 Å². The Labute approximate surface area is 130 Å². The Morgan fingerprint density at radius 2 is 1.95 bits per heavy atom. The van der Waals surface area contributed by atoms with Gasteiger partial charge >= 0.3 is 0 Å². The van der Waals surface area contributed by atoms with Gasteiger partial charge in [-0.1, -0.05) is 0 Å². The van der Waals surface area contributed by atoms with Gasteiger partial charge in [-0.25, -0.2) is 0 Å². The highest BCUT2D eigenvalue weighted by molar-refractivity contribution is 7.10. The number of thiophene rings is 1. The Bertz CT molecular complexity index is 659. The van der Waals surface area contributed by atoms with Gasteiger partial charge in [0.15, 0.2) is 0 Å². The molecule has 0 aliphatic rings. The van der Waals surface area contributed by atoms with Crippen LogP contribution in [0.15, 0.2) is 23.6 Å². The Balaban J connectivity index is 2.07. The van der Waals surface area contributed by atoms with Crippen molar-refractivity contribution in [3.63, 3.8) is 0 Å². The zero-order valence-electron chi connectivity index (χ0n) is 13.3. The SMILES string of the molecule is Cc1cc(C(=O)NCc2csc(C)c2C)ccc1N(C)C. The minimum Gasteiger partial charge on any atom is -0.377 e. The van der Waals surface area contributed by atoms with Crippen LogP contribution >= 0.6 is 11.3 Å². The minimum atomic E-state index is -0.0216. The van der Waals surface area contributed by atoms with Crippen LogP contribution in [0.3, 0.4) is 0 Å². The molecule has 4 heteroatoms. The predicted octanol–water partition coefficient (Wildman–Crippen LogP) is 3.67. The molecule has 0 fully saturated rings. The van der Waals surface area contributed by atoms with Crippen molar-refractivity contribution in [1.82, 2.24) is 5.32 Å². The predicted molar refractivity (Wildman–Crippen MR) is 90.5 cm³/mol. The summed E-state index contributed by atoms with van der Waals surface area (Å²) in [5, 5.41) is 5.12. The summed E-state index contributed by atoms with van der Waals surface area (Å²) in [4.78, 5) is 15.6. The molecule has 0 spiro atoms. The third-order valence-electron chi connectivity index (χ3n) is 3.77. The van der Waals surface area contributed by atoms with E-state index in [-0.39, 0.29) is 5.91 Å². The van der Waals surface area contributed by atoms with E-state index < -0.39 is 0 Å². The van der Waals surface area contributed by atoms with Gasteiger partial charge in [-0.3, -0.25) is 4.79 Å². The topological polar surface area (TPSA) is 32.3 Å². The number of rotatable bonds is 4. The Hall–Kier alpha value is -1.81. The molecule has 3 nitrogen and oxygen atoms in total. The van der Waals surface area contributed by atoms with Gasteiger partial charge in [-0.2, -0.15) is 0 Å². The first kappa shape index (κ1) is 15.6. The van der Waals surface area contributed by atoms with E-state index in [1.54, 1.807) is 11.3 Å². The highest BCUT2D eigenvalue weighted by atomic mass is 32.1. The molecule has 1 amide bonds. The van der Waals surface area contributed by atoms with Gasteiger partial charge in [0.25, 0.3) is 5.91 Å². The first-order chi connectivity index (χ1) is 9.90. The van der Waals surface area contributed by atoms with Crippen molar-refractivity contribution in [3.8, 4) is 0 Å². The Morgan fingerprint density at radius 1 is 1.24 bits per heavy atom. The number of anilines is 1. The molecule has 1 aromatic heterocycles.